The molecule has 0 aliphatic heterocycles. The van der Waals surface area contributed by atoms with Gasteiger partial charge < -0.3 is 9.67 Å². The number of aromatic carboxylic acids is 1. The summed E-state index contributed by atoms with van der Waals surface area (Å²) in [7, 11) is 0. The Hall–Kier alpha value is -2.83. The summed E-state index contributed by atoms with van der Waals surface area (Å²) in [6.07, 6.45) is -4.49. The molecular weight excluding hydrogens is 374 g/mol. The summed E-state index contributed by atoms with van der Waals surface area (Å²) < 4.78 is 54.0. The van der Waals surface area contributed by atoms with E-state index in [-0.39, 0.29) is 17.5 Å². The third-order valence-electron chi connectivity index (χ3n) is 4.30. The van der Waals surface area contributed by atoms with E-state index in [0.717, 1.165) is 17.6 Å². The molecule has 7 heteroatoms. The minimum Gasteiger partial charge on any atom is -0.478 e. The van der Waals surface area contributed by atoms with E-state index in [1.54, 1.807) is 12.1 Å². The minimum absolute atomic E-state index is 0.106. The van der Waals surface area contributed by atoms with Crippen molar-refractivity contribution in [2.75, 3.05) is 0 Å². The van der Waals surface area contributed by atoms with Crippen LogP contribution in [0.1, 0.15) is 48.0 Å². The van der Waals surface area contributed by atoms with Crippen LogP contribution in [0.4, 0.5) is 17.6 Å². The van der Waals surface area contributed by atoms with Crippen molar-refractivity contribution in [3.05, 3.63) is 70.7 Å². The predicted molar refractivity (Wildman–Crippen MR) is 100 cm³/mol. The first kappa shape index (κ1) is 21.5. The van der Waals surface area contributed by atoms with Gasteiger partial charge in [-0.25, -0.2) is 9.18 Å². The summed E-state index contributed by atoms with van der Waals surface area (Å²) in [5, 5.41) is 9.78. The van der Waals surface area contributed by atoms with Crippen molar-refractivity contribution in [2.45, 2.75) is 39.9 Å². The van der Waals surface area contributed by atoms with Crippen LogP contribution in [-0.4, -0.2) is 15.6 Å². The maximum absolute atomic E-state index is 14.1. The van der Waals surface area contributed by atoms with Gasteiger partial charge in [0.2, 0.25) is 0 Å². The Kier molecular flexibility index (Phi) is 6.48. The van der Waals surface area contributed by atoms with Gasteiger partial charge in [-0.05, 0) is 48.9 Å². The molecule has 1 N–H and O–H groups in total. The highest BCUT2D eigenvalue weighted by Crippen LogP contribution is 2.31. The van der Waals surface area contributed by atoms with Gasteiger partial charge in [-0.1, -0.05) is 19.9 Å². The molecule has 0 amide bonds. The van der Waals surface area contributed by atoms with Crippen molar-refractivity contribution in [3.8, 4) is 0 Å². The monoisotopic (exact) mass is 395 g/mol. The smallest absolute Gasteiger partial charge is 0.416 e. The van der Waals surface area contributed by atoms with E-state index in [2.05, 4.69) is 0 Å². The Morgan fingerprint density at radius 1 is 1.07 bits per heavy atom. The number of fused-ring (bicyclic) bond motifs is 1. The molecule has 150 valence electrons. The van der Waals surface area contributed by atoms with Crippen molar-refractivity contribution in [1.29, 1.82) is 0 Å². The van der Waals surface area contributed by atoms with E-state index in [9.17, 15) is 22.4 Å². The maximum Gasteiger partial charge on any atom is 0.416 e. The fourth-order valence-electron chi connectivity index (χ4n) is 3.04. The van der Waals surface area contributed by atoms with Gasteiger partial charge in [0.1, 0.15) is 5.82 Å². The van der Waals surface area contributed by atoms with Crippen molar-refractivity contribution < 1.29 is 27.5 Å². The largest absolute Gasteiger partial charge is 0.478 e. The number of carboxylic acid groups (broad SMARTS) is 1. The number of halogens is 4. The van der Waals surface area contributed by atoms with Crippen LogP contribution in [0.15, 0.2) is 42.5 Å². The molecule has 3 nitrogen and oxygen atoms in total. The van der Waals surface area contributed by atoms with E-state index >= 15 is 0 Å². The molecule has 0 atom stereocenters. The molecule has 0 unspecified atom stereocenters. The lowest BCUT2D eigenvalue weighted by Crippen LogP contribution is -2.07. The molecule has 0 radical (unpaired) electrons. The molecule has 0 fully saturated rings. The predicted octanol–water partition coefficient (Wildman–Crippen LogP) is 6.13. The molecule has 2 aromatic carbocycles. The van der Waals surface area contributed by atoms with Gasteiger partial charge >= 0.3 is 12.1 Å². The lowest BCUT2D eigenvalue weighted by atomic mass is 10.1. The van der Waals surface area contributed by atoms with Crippen molar-refractivity contribution in [2.24, 2.45) is 0 Å². The average molecular weight is 395 g/mol. The molecule has 1 heterocycles. The van der Waals surface area contributed by atoms with Gasteiger partial charge in [0.15, 0.2) is 0 Å². The Labute approximate surface area is 160 Å². The highest BCUT2D eigenvalue weighted by Gasteiger charge is 2.31. The third kappa shape index (κ3) is 4.35. The average Bonchev–Trinajstić information content (AvgIpc) is 3.00. The van der Waals surface area contributed by atoms with Crippen LogP contribution < -0.4 is 0 Å². The molecule has 1 aromatic heterocycles. The van der Waals surface area contributed by atoms with E-state index in [1.807, 2.05) is 25.3 Å². The standard InChI is InChI=1S/C19H15F4NO2.C2H6/c1-2-24-15(9-13-7-12(18(25)26)4-6-17(13)24)8-11-3-5-14(10-16(11)20)19(21,22)23;1-2/h3-7,9-10H,2,8H2,1H3,(H,25,26);1-2H3. The number of carboxylic acids is 1. The van der Waals surface area contributed by atoms with Gasteiger partial charge in [-0.2, -0.15) is 13.2 Å². The Bertz CT molecular complexity index is 990. The van der Waals surface area contributed by atoms with Gasteiger partial charge in [-0.15, -0.1) is 0 Å². The van der Waals surface area contributed by atoms with Crippen LogP contribution >= 0.6 is 0 Å². The summed E-state index contributed by atoms with van der Waals surface area (Å²) in [5.41, 5.74) is 0.747. The zero-order valence-corrected chi connectivity index (χ0v) is 15.8. The summed E-state index contributed by atoms with van der Waals surface area (Å²) >= 11 is 0. The van der Waals surface area contributed by atoms with Gasteiger partial charge in [-0.3, -0.25) is 0 Å². The summed E-state index contributed by atoms with van der Waals surface area (Å²) in [6.45, 7) is 6.45. The van der Waals surface area contributed by atoms with Crippen LogP contribution in [0.2, 0.25) is 0 Å². The summed E-state index contributed by atoms with van der Waals surface area (Å²) in [4.78, 5) is 11.1. The second kappa shape index (κ2) is 8.46. The number of aromatic nitrogens is 1. The first-order valence-electron chi connectivity index (χ1n) is 8.91. The van der Waals surface area contributed by atoms with Crippen LogP contribution in [0, 0.1) is 5.82 Å². The number of nitrogens with zero attached hydrogens (tertiary/aromatic N) is 1. The second-order valence-corrected chi connectivity index (χ2v) is 5.94. The SMILES string of the molecule is CC.CCn1c(Cc2ccc(C(F)(F)F)cc2F)cc2cc(C(=O)O)ccc21. The lowest BCUT2D eigenvalue weighted by molar-refractivity contribution is -0.137. The zero-order chi connectivity index (χ0) is 21.1. The number of hydrogen-bond donors (Lipinski definition) is 1. The van der Waals surface area contributed by atoms with E-state index in [1.165, 1.54) is 12.1 Å². The number of carbonyl (C=O) groups is 1. The molecular formula is C21H21F4NO2. The summed E-state index contributed by atoms with van der Waals surface area (Å²) in [6, 6.07) is 8.92. The summed E-state index contributed by atoms with van der Waals surface area (Å²) in [5.74, 6) is -1.97. The quantitative estimate of drug-likeness (QED) is 0.540. The molecule has 0 bridgehead atoms. The molecule has 0 aliphatic rings. The molecule has 28 heavy (non-hydrogen) atoms. The maximum atomic E-state index is 14.1. The molecule has 3 rings (SSSR count). The first-order chi connectivity index (χ1) is 13.2. The van der Waals surface area contributed by atoms with Crippen LogP contribution in [0.3, 0.4) is 0 Å². The number of rotatable bonds is 4. The Balaban J connectivity index is 0.00000136. The minimum atomic E-state index is -4.59. The number of benzene rings is 2. The Morgan fingerprint density at radius 2 is 1.75 bits per heavy atom. The molecule has 3 aromatic rings. The van der Waals surface area contributed by atoms with Crippen LogP contribution in [0.5, 0.6) is 0 Å². The highest BCUT2D eigenvalue weighted by molar-refractivity contribution is 5.94. The van der Waals surface area contributed by atoms with E-state index in [4.69, 9.17) is 5.11 Å². The first-order valence-corrected chi connectivity index (χ1v) is 8.91. The second-order valence-electron chi connectivity index (χ2n) is 5.94. The molecule has 0 saturated heterocycles. The highest BCUT2D eigenvalue weighted by atomic mass is 19.4. The third-order valence-corrected chi connectivity index (χ3v) is 4.30. The van der Waals surface area contributed by atoms with Crippen LogP contribution in [-0.2, 0) is 19.1 Å². The molecule has 0 spiro atoms. The fraction of sp³-hybridized carbons (Fsp3) is 0.286. The lowest BCUT2D eigenvalue weighted by Gasteiger charge is -2.11. The number of aryl methyl sites for hydroxylation is 1. The van der Waals surface area contributed by atoms with Crippen LogP contribution in [0.25, 0.3) is 10.9 Å². The van der Waals surface area contributed by atoms with Crippen molar-refractivity contribution >= 4 is 16.9 Å². The normalized spacial score (nSPS) is 11.2. The van der Waals surface area contributed by atoms with E-state index in [0.29, 0.717) is 23.7 Å². The van der Waals surface area contributed by atoms with E-state index < -0.39 is 23.5 Å². The number of hydrogen-bond acceptors (Lipinski definition) is 1. The number of alkyl halides is 3. The Morgan fingerprint density at radius 3 is 2.29 bits per heavy atom. The fourth-order valence-corrected chi connectivity index (χ4v) is 3.04. The topological polar surface area (TPSA) is 42.2 Å². The van der Waals surface area contributed by atoms with Crippen molar-refractivity contribution in [3.63, 3.8) is 0 Å². The van der Waals surface area contributed by atoms with Gasteiger partial charge in [0.05, 0.1) is 11.1 Å². The van der Waals surface area contributed by atoms with Gasteiger partial charge in [0.25, 0.3) is 0 Å². The van der Waals surface area contributed by atoms with Crippen molar-refractivity contribution in [1.82, 2.24) is 4.57 Å². The van der Waals surface area contributed by atoms with Gasteiger partial charge in [0, 0.05) is 29.6 Å². The molecule has 0 aliphatic carbocycles. The molecule has 0 saturated carbocycles. The zero-order valence-electron chi connectivity index (χ0n) is 15.8.